The maximum atomic E-state index is 13.3. The van der Waals surface area contributed by atoms with Crippen molar-refractivity contribution in [2.45, 2.75) is 120 Å². The molecule has 1 fully saturated rings. The van der Waals surface area contributed by atoms with Gasteiger partial charge in [-0.3, -0.25) is 0 Å². The van der Waals surface area contributed by atoms with Crippen LogP contribution in [0.2, 0.25) is 36.3 Å². The van der Waals surface area contributed by atoms with E-state index in [1.54, 1.807) is 37.4 Å². The summed E-state index contributed by atoms with van der Waals surface area (Å²) in [6, 6.07) is 8.40. The molecule has 0 bridgehead atoms. The van der Waals surface area contributed by atoms with Crippen molar-refractivity contribution in [2.24, 2.45) is 5.92 Å². The van der Waals surface area contributed by atoms with Crippen LogP contribution < -0.4 is 0 Å². The second-order valence-corrected chi connectivity index (χ2v) is 25.5. The van der Waals surface area contributed by atoms with E-state index in [2.05, 4.69) is 67.7 Å². The van der Waals surface area contributed by atoms with Crippen LogP contribution in [0, 0.1) is 5.92 Å². The lowest BCUT2D eigenvalue weighted by Crippen LogP contribution is -2.49. The standard InChI is InChI=1S/C29H52O7SSi2/c1-28(2,3)38(8,9)34-20-22(36-39(10,11)29(4,5)6)19-26-27(33-7)24(25(35-26)17-18-30)21-37(31,32)23-15-13-12-14-16-23/h12-16,18,22,24-27H,17,19-21H2,1-11H3/t22?,24-,25-,26?,27+/m0/s1. The third-order valence-corrected chi connectivity index (χ3v) is 19.8. The van der Waals surface area contributed by atoms with Gasteiger partial charge in [-0.2, -0.15) is 0 Å². The summed E-state index contributed by atoms with van der Waals surface area (Å²) in [6.07, 6.45) is -0.307. The Hall–Kier alpha value is -0.886. The fourth-order valence-electron chi connectivity index (χ4n) is 4.43. The van der Waals surface area contributed by atoms with E-state index in [1.165, 1.54) is 0 Å². The largest absolute Gasteiger partial charge is 0.414 e. The van der Waals surface area contributed by atoms with Gasteiger partial charge in [-0.1, -0.05) is 59.7 Å². The van der Waals surface area contributed by atoms with Crippen molar-refractivity contribution >= 4 is 32.8 Å². The Balaban J connectivity index is 2.35. The van der Waals surface area contributed by atoms with Crippen molar-refractivity contribution in [2.75, 3.05) is 19.5 Å². The number of carbonyl (C=O) groups excluding carboxylic acids is 1. The number of rotatable bonds is 13. The summed E-state index contributed by atoms with van der Waals surface area (Å²) < 4.78 is 52.4. The zero-order valence-electron chi connectivity index (χ0n) is 25.9. The van der Waals surface area contributed by atoms with Gasteiger partial charge in [0.25, 0.3) is 0 Å². The third kappa shape index (κ3) is 8.80. The summed E-state index contributed by atoms with van der Waals surface area (Å²) in [5, 5.41) is 0.0607. The van der Waals surface area contributed by atoms with Crippen molar-refractivity contribution in [3.8, 4) is 0 Å². The first kappa shape index (κ1) is 34.3. The molecule has 0 N–H and O–H groups in total. The van der Waals surface area contributed by atoms with Crippen molar-refractivity contribution in [1.82, 2.24) is 0 Å². The molecule has 7 nitrogen and oxygen atoms in total. The van der Waals surface area contributed by atoms with Gasteiger partial charge in [0, 0.05) is 25.9 Å². The number of aldehydes is 1. The van der Waals surface area contributed by atoms with E-state index in [4.69, 9.17) is 18.3 Å². The van der Waals surface area contributed by atoms with Crippen LogP contribution in [0.5, 0.6) is 0 Å². The van der Waals surface area contributed by atoms with Crippen molar-refractivity contribution in [3.05, 3.63) is 30.3 Å². The molecule has 1 heterocycles. The van der Waals surface area contributed by atoms with E-state index < -0.39 is 50.7 Å². The zero-order chi connectivity index (χ0) is 29.9. The highest BCUT2D eigenvalue weighted by atomic mass is 32.2. The average Bonchev–Trinajstić information content (AvgIpc) is 3.11. The topological polar surface area (TPSA) is 88.1 Å². The number of hydrogen-bond acceptors (Lipinski definition) is 7. The Bertz CT molecular complexity index is 1030. The van der Waals surface area contributed by atoms with Gasteiger partial charge in [0.2, 0.25) is 0 Å². The van der Waals surface area contributed by atoms with Crippen molar-refractivity contribution in [1.29, 1.82) is 0 Å². The summed E-state index contributed by atoms with van der Waals surface area (Å²) in [4.78, 5) is 11.8. The molecule has 0 aromatic heterocycles. The van der Waals surface area contributed by atoms with Gasteiger partial charge in [-0.25, -0.2) is 8.42 Å². The van der Waals surface area contributed by atoms with Gasteiger partial charge in [0.1, 0.15) is 6.29 Å². The summed E-state index contributed by atoms with van der Waals surface area (Å²) >= 11 is 0. The Morgan fingerprint density at radius 1 is 0.949 bits per heavy atom. The molecule has 1 aliphatic rings. The molecule has 10 heteroatoms. The molecule has 0 aliphatic carbocycles. The maximum absolute atomic E-state index is 13.3. The maximum Gasteiger partial charge on any atom is 0.192 e. The first-order chi connectivity index (χ1) is 17.8. The molecule has 1 saturated heterocycles. The van der Waals surface area contributed by atoms with Crippen LogP contribution in [0.1, 0.15) is 54.4 Å². The molecule has 2 unspecified atom stereocenters. The SMILES string of the molecule is CO[C@H]1C(CC(CO[Si](C)(C)C(C)(C)C)O[Si](C)(C)C(C)(C)C)O[C@@H](CC=O)[C@@H]1CS(=O)(=O)c1ccccc1. The predicted octanol–water partition coefficient (Wildman–Crippen LogP) is 6.25. The first-order valence-electron chi connectivity index (χ1n) is 14.0. The number of ether oxygens (including phenoxy) is 2. The first-order valence-corrected chi connectivity index (χ1v) is 21.4. The van der Waals surface area contributed by atoms with Crippen LogP contribution in [-0.4, -0.2) is 75.2 Å². The molecule has 0 amide bonds. The van der Waals surface area contributed by atoms with E-state index in [9.17, 15) is 13.2 Å². The number of hydrogen-bond donors (Lipinski definition) is 0. The molecule has 1 aliphatic heterocycles. The minimum atomic E-state index is -3.60. The second-order valence-electron chi connectivity index (χ2n) is 13.9. The van der Waals surface area contributed by atoms with Crippen LogP contribution in [-0.2, 0) is 33.0 Å². The molecular weight excluding hydrogens is 549 g/mol. The van der Waals surface area contributed by atoms with E-state index in [0.717, 1.165) is 6.29 Å². The monoisotopic (exact) mass is 600 g/mol. The number of carbonyl (C=O) groups is 1. The Kier molecular flexibility index (Phi) is 11.4. The molecule has 39 heavy (non-hydrogen) atoms. The predicted molar refractivity (Wildman–Crippen MR) is 162 cm³/mol. The summed E-state index contributed by atoms with van der Waals surface area (Å²) in [7, 11) is -6.22. The molecular formula is C29H52O7SSi2. The lowest BCUT2D eigenvalue weighted by Gasteiger charge is -2.42. The smallest absolute Gasteiger partial charge is 0.192 e. The third-order valence-electron chi connectivity index (χ3n) is 8.93. The van der Waals surface area contributed by atoms with Crippen LogP contribution >= 0.6 is 0 Å². The molecule has 0 saturated carbocycles. The van der Waals surface area contributed by atoms with Gasteiger partial charge in [-0.15, -0.1) is 0 Å². The van der Waals surface area contributed by atoms with Gasteiger partial charge in [0.15, 0.2) is 26.5 Å². The highest BCUT2D eigenvalue weighted by molar-refractivity contribution is 7.91. The summed E-state index contributed by atoms with van der Waals surface area (Å²) in [5.41, 5.74) is 0. The summed E-state index contributed by atoms with van der Waals surface area (Å²) in [6.45, 7) is 22.6. The van der Waals surface area contributed by atoms with Gasteiger partial charge < -0.3 is 23.1 Å². The molecule has 0 radical (unpaired) electrons. The normalized spacial score (nSPS) is 24.1. The van der Waals surface area contributed by atoms with Crippen LogP contribution in [0.4, 0.5) is 0 Å². The molecule has 1 aromatic rings. The molecule has 224 valence electrons. The number of benzene rings is 1. The molecule has 2 rings (SSSR count). The van der Waals surface area contributed by atoms with Crippen LogP contribution in [0.15, 0.2) is 35.2 Å². The highest BCUT2D eigenvalue weighted by Gasteiger charge is 2.49. The average molecular weight is 601 g/mol. The molecule has 1 aromatic carbocycles. The summed E-state index contributed by atoms with van der Waals surface area (Å²) in [5.74, 6) is -0.635. The van der Waals surface area contributed by atoms with E-state index in [1.807, 2.05) is 0 Å². The van der Waals surface area contributed by atoms with Gasteiger partial charge >= 0.3 is 0 Å². The van der Waals surface area contributed by atoms with Gasteiger partial charge in [0.05, 0.1) is 41.7 Å². The van der Waals surface area contributed by atoms with Crippen LogP contribution in [0.3, 0.4) is 0 Å². The quantitative estimate of drug-likeness (QED) is 0.195. The van der Waals surface area contributed by atoms with Gasteiger partial charge in [-0.05, 0) is 48.4 Å². The minimum Gasteiger partial charge on any atom is -0.414 e. The fourth-order valence-corrected chi connectivity index (χ4v) is 8.49. The number of methoxy groups -OCH3 is 1. The Labute approximate surface area is 239 Å². The lowest BCUT2D eigenvalue weighted by atomic mass is 9.94. The van der Waals surface area contributed by atoms with Crippen molar-refractivity contribution < 1.29 is 31.5 Å². The van der Waals surface area contributed by atoms with E-state index in [0.29, 0.717) is 13.0 Å². The molecule has 0 spiro atoms. The lowest BCUT2D eigenvalue weighted by molar-refractivity contribution is -0.111. The Morgan fingerprint density at radius 2 is 1.51 bits per heavy atom. The second kappa shape index (κ2) is 13.0. The zero-order valence-corrected chi connectivity index (χ0v) is 28.8. The highest BCUT2D eigenvalue weighted by Crippen LogP contribution is 2.41. The van der Waals surface area contributed by atoms with Crippen molar-refractivity contribution in [3.63, 3.8) is 0 Å². The number of sulfone groups is 1. The fraction of sp³-hybridized carbons (Fsp3) is 0.759. The van der Waals surface area contributed by atoms with E-state index >= 15 is 0 Å². The Morgan fingerprint density at radius 3 is 2.00 bits per heavy atom. The van der Waals surface area contributed by atoms with E-state index in [-0.39, 0.29) is 33.2 Å². The molecule has 5 atom stereocenters. The van der Waals surface area contributed by atoms with Crippen LogP contribution in [0.25, 0.3) is 0 Å². The minimum absolute atomic E-state index is 0.00572.